The number of thioether (sulfide) groups is 1. The molecule has 1 aliphatic heterocycles. The molecule has 1 aromatic heterocycles. The van der Waals surface area contributed by atoms with Gasteiger partial charge in [0.05, 0.1) is 17.3 Å². The number of sulfone groups is 1. The number of nitrogens with one attached hydrogen (secondary N) is 1. The fourth-order valence-corrected chi connectivity index (χ4v) is 5.44. The molecule has 7 nitrogen and oxygen atoms in total. The summed E-state index contributed by atoms with van der Waals surface area (Å²) in [6, 6.07) is 5.35. The summed E-state index contributed by atoms with van der Waals surface area (Å²) < 4.78 is 25.1. The van der Waals surface area contributed by atoms with Crippen molar-refractivity contribution >= 4 is 44.8 Å². The molecule has 2 aromatic rings. The van der Waals surface area contributed by atoms with E-state index in [2.05, 4.69) is 15.5 Å². The van der Waals surface area contributed by atoms with Gasteiger partial charge in [0.1, 0.15) is 5.82 Å². The molecule has 0 saturated carbocycles. The smallest absolute Gasteiger partial charge is 0.234 e. The Bertz CT molecular complexity index is 943. The van der Waals surface area contributed by atoms with Gasteiger partial charge < -0.3 is 9.88 Å². The van der Waals surface area contributed by atoms with E-state index in [1.54, 1.807) is 23.7 Å². The predicted molar refractivity (Wildman–Crippen MR) is 103 cm³/mol. The first-order valence-corrected chi connectivity index (χ1v) is 11.2. The molecule has 0 spiro atoms. The minimum atomic E-state index is -2.98. The van der Waals surface area contributed by atoms with Gasteiger partial charge in [-0.3, -0.25) is 4.79 Å². The van der Waals surface area contributed by atoms with Crippen molar-refractivity contribution in [1.29, 1.82) is 0 Å². The lowest BCUT2D eigenvalue weighted by Gasteiger charge is -2.08. The van der Waals surface area contributed by atoms with Crippen LogP contribution < -0.4 is 5.32 Å². The standard InChI is InChI=1S/C16H19ClN4O3S2/c1-10-3-4-12(7-13(10)17)18-14(22)8-25-16-20-19-15(21(16)2)11-5-6-26(23,24)9-11/h3-4,7,11H,5-6,8-9H2,1-2H3,(H,18,22). The molecule has 2 heterocycles. The average molecular weight is 415 g/mol. The molecule has 0 aliphatic carbocycles. The molecule has 1 aliphatic rings. The third-order valence-electron chi connectivity index (χ3n) is 4.25. The molecule has 1 unspecified atom stereocenters. The van der Waals surface area contributed by atoms with Gasteiger partial charge in [-0.15, -0.1) is 10.2 Å². The first-order valence-electron chi connectivity index (χ1n) is 8.03. The number of aryl methyl sites for hydroxylation is 1. The van der Waals surface area contributed by atoms with Crippen LogP contribution in [0.4, 0.5) is 5.69 Å². The summed E-state index contributed by atoms with van der Waals surface area (Å²) in [7, 11) is -1.19. The minimum absolute atomic E-state index is 0.109. The van der Waals surface area contributed by atoms with Crippen LogP contribution in [0.1, 0.15) is 23.7 Å². The van der Waals surface area contributed by atoms with Crippen molar-refractivity contribution in [2.24, 2.45) is 7.05 Å². The molecule has 1 amide bonds. The number of anilines is 1. The van der Waals surface area contributed by atoms with Crippen LogP contribution >= 0.6 is 23.4 Å². The molecule has 26 heavy (non-hydrogen) atoms. The zero-order valence-corrected chi connectivity index (χ0v) is 16.8. The molecule has 1 fully saturated rings. The van der Waals surface area contributed by atoms with E-state index in [-0.39, 0.29) is 29.1 Å². The van der Waals surface area contributed by atoms with Crippen molar-refractivity contribution in [3.8, 4) is 0 Å². The summed E-state index contributed by atoms with van der Waals surface area (Å²) in [6.07, 6.45) is 0.563. The average Bonchev–Trinajstić information content (AvgIpc) is 3.11. The van der Waals surface area contributed by atoms with Gasteiger partial charge in [-0.2, -0.15) is 0 Å². The van der Waals surface area contributed by atoms with Gasteiger partial charge in [0, 0.05) is 23.7 Å². The highest BCUT2D eigenvalue weighted by Crippen LogP contribution is 2.29. The molecular weight excluding hydrogens is 396 g/mol. The first kappa shape index (κ1) is 19.2. The van der Waals surface area contributed by atoms with Crippen LogP contribution in [0.5, 0.6) is 0 Å². The highest BCUT2D eigenvalue weighted by Gasteiger charge is 2.32. The molecule has 140 valence electrons. The molecule has 10 heteroatoms. The SMILES string of the molecule is Cc1ccc(NC(=O)CSc2nnc(C3CCS(=O)(=O)C3)n2C)cc1Cl. The van der Waals surface area contributed by atoms with Crippen molar-refractivity contribution in [1.82, 2.24) is 14.8 Å². The third-order valence-corrected chi connectivity index (χ3v) is 7.45. The Morgan fingerprint density at radius 2 is 2.19 bits per heavy atom. The van der Waals surface area contributed by atoms with E-state index < -0.39 is 9.84 Å². The van der Waals surface area contributed by atoms with E-state index in [9.17, 15) is 13.2 Å². The fraction of sp³-hybridized carbons (Fsp3) is 0.438. The Hall–Kier alpha value is -1.58. The largest absolute Gasteiger partial charge is 0.325 e. The monoisotopic (exact) mass is 414 g/mol. The minimum Gasteiger partial charge on any atom is -0.325 e. The van der Waals surface area contributed by atoms with E-state index in [4.69, 9.17) is 11.6 Å². The number of carbonyl (C=O) groups is 1. The summed E-state index contributed by atoms with van der Waals surface area (Å²) in [5.74, 6) is 0.811. The number of nitrogens with zero attached hydrogens (tertiary/aromatic N) is 3. The second-order valence-corrected chi connectivity index (χ2v) is 9.88. The van der Waals surface area contributed by atoms with Crippen LogP contribution in [-0.2, 0) is 21.7 Å². The molecule has 1 atom stereocenters. The van der Waals surface area contributed by atoms with E-state index >= 15 is 0 Å². The Kier molecular flexibility index (Phi) is 5.59. The van der Waals surface area contributed by atoms with E-state index in [0.717, 1.165) is 5.56 Å². The van der Waals surface area contributed by atoms with Gasteiger partial charge in [0.25, 0.3) is 0 Å². The second-order valence-electron chi connectivity index (χ2n) is 6.30. The Morgan fingerprint density at radius 3 is 2.85 bits per heavy atom. The van der Waals surface area contributed by atoms with Gasteiger partial charge in [0.2, 0.25) is 5.91 Å². The number of hydrogen-bond acceptors (Lipinski definition) is 6. The number of amides is 1. The zero-order valence-electron chi connectivity index (χ0n) is 14.4. The summed E-state index contributed by atoms with van der Waals surface area (Å²) in [5, 5.41) is 12.2. The van der Waals surface area contributed by atoms with Gasteiger partial charge in [0.15, 0.2) is 15.0 Å². The predicted octanol–water partition coefficient (Wildman–Crippen LogP) is 2.41. The first-order chi connectivity index (χ1) is 12.2. The normalized spacial score (nSPS) is 18.8. The number of rotatable bonds is 5. The fourth-order valence-electron chi connectivity index (χ4n) is 2.80. The van der Waals surface area contributed by atoms with Gasteiger partial charge >= 0.3 is 0 Å². The molecular formula is C16H19ClN4O3S2. The highest BCUT2D eigenvalue weighted by atomic mass is 35.5. The highest BCUT2D eigenvalue weighted by molar-refractivity contribution is 7.99. The van der Waals surface area contributed by atoms with E-state index in [1.165, 1.54) is 11.8 Å². The number of carbonyl (C=O) groups excluding carboxylic acids is 1. The summed E-state index contributed by atoms with van der Waals surface area (Å²) >= 11 is 7.31. The van der Waals surface area contributed by atoms with Crippen molar-refractivity contribution in [3.05, 3.63) is 34.6 Å². The molecule has 0 radical (unpaired) electrons. The van der Waals surface area contributed by atoms with Crippen LogP contribution in [0.25, 0.3) is 0 Å². The quantitative estimate of drug-likeness (QED) is 0.755. The number of benzene rings is 1. The van der Waals surface area contributed by atoms with Crippen LogP contribution in [0.15, 0.2) is 23.4 Å². The Labute approximate surface area is 161 Å². The second kappa shape index (κ2) is 7.58. The van der Waals surface area contributed by atoms with Gasteiger partial charge in [-0.25, -0.2) is 8.42 Å². The molecule has 3 rings (SSSR count). The van der Waals surface area contributed by atoms with Crippen molar-refractivity contribution in [2.45, 2.75) is 24.4 Å². The number of aromatic nitrogens is 3. The van der Waals surface area contributed by atoms with Crippen LogP contribution in [0.2, 0.25) is 5.02 Å². The Morgan fingerprint density at radius 1 is 1.42 bits per heavy atom. The van der Waals surface area contributed by atoms with Crippen LogP contribution in [0, 0.1) is 6.92 Å². The maximum atomic E-state index is 12.1. The Balaban J connectivity index is 1.59. The van der Waals surface area contributed by atoms with Crippen molar-refractivity contribution in [2.75, 3.05) is 22.6 Å². The van der Waals surface area contributed by atoms with Crippen LogP contribution in [-0.4, -0.2) is 46.3 Å². The molecule has 1 saturated heterocycles. The molecule has 0 bridgehead atoms. The van der Waals surface area contributed by atoms with Crippen LogP contribution in [0.3, 0.4) is 0 Å². The topological polar surface area (TPSA) is 94.0 Å². The lowest BCUT2D eigenvalue weighted by Crippen LogP contribution is -2.14. The lowest BCUT2D eigenvalue weighted by atomic mass is 10.1. The zero-order chi connectivity index (χ0) is 18.9. The van der Waals surface area contributed by atoms with E-state index in [1.807, 2.05) is 13.0 Å². The maximum absolute atomic E-state index is 12.1. The van der Waals surface area contributed by atoms with Gasteiger partial charge in [-0.1, -0.05) is 29.4 Å². The van der Waals surface area contributed by atoms with Crippen molar-refractivity contribution < 1.29 is 13.2 Å². The number of hydrogen-bond donors (Lipinski definition) is 1. The lowest BCUT2D eigenvalue weighted by molar-refractivity contribution is -0.113. The summed E-state index contributed by atoms with van der Waals surface area (Å²) in [6.45, 7) is 1.89. The molecule has 1 aromatic carbocycles. The van der Waals surface area contributed by atoms with Gasteiger partial charge in [-0.05, 0) is 31.0 Å². The van der Waals surface area contributed by atoms with Crippen molar-refractivity contribution in [3.63, 3.8) is 0 Å². The van der Waals surface area contributed by atoms with E-state index in [0.29, 0.717) is 28.1 Å². The molecule has 1 N–H and O–H groups in total. The summed E-state index contributed by atoms with van der Waals surface area (Å²) in [5.41, 5.74) is 1.58. The third kappa shape index (κ3) is 4.39. The number of halogens is 1. The summed E-state index contributed by atoms with van der Waals surface area (Å²) in [4.78, 5) is 12.1. The maximum Gasteiger partial charge on any atom is 0.234 e.